The first-order valence-corrected chi connectivity index (χ1v) is 4.31. The number of nitriles is 1. The van der Waals surface area contributed by atoms with E-state index in [0.29, 0.717) is 13.1 Å². The van der Waals surface area contributed by atoms with Crippen molar-refractivity contribution in [3.8, 4) is 6.07 Å². The highest BCUT2D eigenvalue weighted by Crippen LogP contribution is 2.11. The van der Waals surface area contributed by atoms with E-state index in [-0.39, 0.29) is 0 Å². The molecule has 1 rings (SSSR count). The van der Waals surface area contributed by atoms with Gasteiger partial charge >= 0.3 is 0 Å². The molecule has 0 bridgehead atoms. The average molecular weight is 226 g/mol. The van der Waals surface area contributed by atoms with Gasteiger partial charge in [-0.3, -0.25) is 0 Å². The average Bonchev–Trinajstić information content (AvgIpc) is 2.09. The lowest BCUT2D eigenvalue weighted by Crippen LogP contribution is -2.13. The van der Waals surface area contributed by atoms with Crippen molar-refractivity contribution in [1.82, 2.24) is 10.3 Å². The third kappa shape index (κ3) is 2.61. The van der Waals surface area contributed by atoms with Crippen molar-refractivity contribution in [2.24, 2.45) is 0 Å². The number of rotatable bonds is 3. The summed E-state index contributed by atoms with van der Waals surface area (Å²) in [6.07, 6.45) is 1.72. The van der Waals surface area contributed by atoms with Gasteiger partial charge in [0.25, 0.3) is 0 Å². The lowest BCUT2D eigenvalue weighted by Gasteiger charge is -2.01. The summed E-state index contributed by atoms with van der Waals surface area (Å²) >= 11 is 3.31. The molecular weight excluding hydrogens is 218 g/mol. The molecule has 1 N–H and O–H groups in total. The van der Waals surface area contributed by atoms with E-state index in [1.165, 1.54) is 0 Å². The van der Waals surface area contributed by atoms with Gasteiger partial charge in [0.05, 0.1) is 12.6 Å². The second kappa shape index (κ2) is 4.86. The predicted octanol–water partition coefficient (Wildman–Crippen LogP) is 1.46. The zero-order chi connectivity index (χ0) is 8.81. The van der Waals surface area contributed by atoms with E-state index < -0.39 is 0 Å². The largest absolute Gasteiger partial charge is 0.300 e. The van der Waals surface area contributed by atoms with Crippen LogP contribution in [0.5, 0.6) is 0 Å². The molecule has 0 aliphatic carbocycles. The van der Waals surface area contributed by atoms with Crippen molar-refractivity contribution in [3.63, 3.8) is 0 Å². The Hall–Kier alpha value is -0.920. The molecule has 0 amide bonds. The number of pyridine rings is 1. The van der Waals surface area contributed by atoms with Crippen LogP contribution in [0.1, 0.15) is 5.56 Å². The highest BCUT2D eigenvalue weighted by molar-refractivity contribution is 9.10. The fraction of sp³-hybridized carbons (Fsp3) is 0.250. The molecule has 62 valence electrons. The summed E-state index contributed by atoms with van der Waals surface area (Å²) in [7, 11) is 0. The molecule has 1 aromatic heterocycles. The van der Waals surface area contributed by atoms with E-state index in [0.717, 1.165) is 10.2 Å². The van der Waals surface area contributed by atoms with E-state index in [1.54, 1.807) is 6.20 Å². The maximum atomic E-state index is 8.27. The van der Waals surface area contributed by atoms with Gasteiger partial charge in [-0.25, -0.2) is 4.98 Å². The molecular formula is C8H8BrN3. The van der Waals surface area contributed by atoms with Crippen LogP contribution in [0.15, 0.2) is 22.9 Å². The van der Waals surface area contributed by atoms with Crippen LogP contribution < -0.4 is 5.32 Å². The fourth-order valence-corrected chi connectivity index (χ4v) is 1.19. The van der Waals surface area contributed by atoms with Crippen LogP contribution in [0.4, 0.5) is 0 Å². The molecule has 1 heterocycles. The first kappa shape index (κ1) is 9.17. The molecule has 1 aromatic rings. The number of hydrogen-bond donors (Lipinski definition) is 1. The standard InChI is InChI=1S/C8H8BrN3/c9-8-7(2-1-4-12-8)6-11-5-3-10/h1-2,4,11H,5-6H2. The topological polar surface area (TPSA) is 48.7 Å². The number of halogens is 1. The minimum Gasteiger partial charge on any atom is -0.300 e. The number of nitrogens with one attached hydrogen (secondary N) is 1. The van der Waals surface area contributed by atoms with Gasteiger partial charge < -0.3 is 5.32 Å². The zero-order valence-corrected chi connectivity index (χ0v) is 8.00. The molecule has 0 atom stereocenters. The lowest BCUT2D eigenvalue weighted by atomic mass is 10.3. The maximum Gasteiger partial charge on any atom is 0.110 e. The van der Waals surface area contributed by atoms with Crippen LogP contribution in [0.2, 0.25) is 0 Å². The van der Waals surface area contributed by atoms with Crippen LogP contribution in [-0.4, -0.2) is 11.5 Å². The summed E-state index contributed by atoms with van der Waals surface area (Å²) in [6, 6.07) is 5.84. The zero-order valence-electron chi connectivity index (χ0n) is 6.42. The normalized spacial score (nSPS) is 9.33. The van der Waals surface area contributed by atoms with Crippen molar-refractivity contribution >= 4 is 15.9 Å². The molecule has 0 radical (unpaired) electrons. The van der Waals surface area contributed by atoms with Crippen molar-refractivity contribution < 1.29 is 0 Å². The minimum absolute atomic E-state index is 0.362. The predicted molar refractivity (Wildman–Crippen MR) is 49.3 cm³/mol. The van der Waals surface area contributed by atoms with Gasteiger partial charge in [-0.2, -0.15) is 5.26 Å². The number of hydrogen-bond acceptors (Lipinski definition) is 3. The summed E-state index contributed by atoms with van der Waals surface area (Å²) in [5.41, 5.74) is 1.06. The van der Waals surface area contributed by atoms with Gasteiger partial charge in [-0.05, 0) is 27.6 Å². The quantitative estimate of drug-likeness (QED) is 0.482. The van der Waals surface area contributed by atoms with E-state index in [9.17, 15) is 0 Å². The Kier molecular flexibility index (Phi) is 3.71. The van der Waals surface area contributed by atoms with Crippen LogP contribution in [0, 0.1) is 11.3 Å². The van der Waals surface area contributed by atoms with Crippen LogP contribution in [0.25, 0.3) is 0 Å². The van der Waals surface area contributed by atoms with E-state index in [4.69, 9.17) is 5.26 Å². The van der Waals surface area contributed by atoms with Gasteiger partial charge in [-0.1, -0.05) is 6.07 Å². The Balaban J connectivity index is 2.53. The van der Waals surface area contributed by atoms with Crippen LogP contribution in [-0.2, 0) is 6.54 Å². The SMILES string of the molecule is N#CCNCc1cccnc1Br. The molecule has 0 saturated carbocycles. The Bertz CT molecular complexity index is 293. The smallest absolute Gasteiger partial charge is 0.110 e. The second-order valence-corrected chi connectivity index (χ2v) is 2.97. The summed E-state index contributed by atoms with van der Waals surface area (Å²) < 4.78 is 0.829. The number of aromatic nitrogens is 1. The summed E-state index contributed by atoms with van der Waals surface area (Å²) in [4.78, 5) is 4.05. The third-order valence-electron chi connectivity index (χ3n) is 1.36. The lowest BCUT2D eigenvalue weighted by molar-refractivity contribution is 0.758. The van der Waals surface area contributed by atoms with Crippen LogP contribution in [0.3, 0.4) is 0 Å². The number of nitrogens with zero attached hydrogens (tertiary/aromatic N) is 2. The van der Waals surface area contributed by atoms with E-state index >= 15 is 0 Å². The molecule has 0 aromatic carbocycles. The minimum atomic E-state index is 0.362. The van der Waals surface area contributed by atoms with Crippen LogP contribution >= 0.6 is 15.9 Å². The molecule has 12 heavy (non-hydrogen) atoms. The van der Waals surface area contributed by atoms with Gasteiger partial charge in [0.2, 0.25) is 0 Å². The molecule has 0 fully saturated rings. The molecule has 0 unspecified atom stereocenters. The van der Waals surface area contributed by atoms with Gasteiger partial charge in [-0.15, -0.1) is 0 Å². The highest BCUT2D eigenvalue weighted by atomic mass is 79.9. The first-order valence-electron chi connectivity index (χ1n) is 3.51. The second-order valence-electron chi connectivity index (χ2n) is 2.22. The molecule has 0 aliphatic heterocycles. The fourth-order valence-electron chi connectivity index (χ4n) is 0.804. The summed E-state index contributed by atoms with van der Waals surface area (Å²) in [5.74, 6) is 0. The maximum absolute atomic E-state index is 8.27. The first-order chi connectivity index (χ1) is 5.84. The summed E-state index contributed by atoms with van der Waals surface area (Å²) in [5, 5.41) is 11.2. The van der Waals surface area contributed by atoms with Crippen molar-refractivity contribution in [3.05, 3.63) is 28.5 Å². The molecule has 3 nitrogen and oxygen atoms in total. The molecule has 4 heteroatoms. The van der Waals surface area contributed by atoms with E-state index in [1.807, 2.05) is 18.2 Å². The Morgan fingerprint density at radius 3 is 3.17 bits per heavy atom. The Morgan fingerprint density at radius 2 is 2.50 bits per heavy atom. The Labute approximate surface area is 79.6 Å². The van der Waals surface area contributed by atoms with Crippen molar-refractivity contribution in [2.75, 3.05) is 6.54 Å². The molecule has 0 aliphatic rings. The van der Waals surface area contributed by atoms with Gasteiger partial charge in [0.15, 0.2) is 0 Å². The highest BCUT2D eigenvalue weighted by Gasteiger charge is 1.97. The van der Waals surface area contributed by atoms with Gasteiger partial charge in [0.1, 0.15) is 4.60 Å². The van der Waals surface area contributed by atoms with Gasteiger partial charge in [0, 0.05) is 12.7 Å². The molecule has 0 spiro atoms. The van der Waals surface area contributed by atoms with Crippen molar-refractivity contribution in [1.29, 1.82) is 5.26 Å². The third-order valence-corrected chi connectivity index (χ3v) is 2.07. The summed E-state index contributed by atoms with van der Waals surface area (Å²) in [6.45, 7) is 1.03. The van der Waals surface area contributed by atoms with E-state index in [2.05, 4.69) is 26.2 Å². The molecule has 0 saturated heterocycles. The monoisotopic (exact) mass is 225 g/mol. The van der Waals surface area contributed by atoms with Crippen molar-refractivity contribution in [2.45, 2.75) is 6.54 Å². The Morgan fingerprint density at radius 1 is 1.67 bits per heavy atom.